The second kappa shape index (κ2) is 5.26. The SMILES string of the molecule is O=S(=O)(O)c1ccc2c(N=C=S)cc(S(=O)(=O)O)cc2c1. The second-order valence-electron chi connectivity index (χ2n) is 3.98. The van der Waals surface area contributed by atoms with E-state index in [1.165, 1.54) is 6.07 Å². The van der Waals surface area contributed by atoms with Gasteiger partial charge in [0.25, 0.3) is 20.2 Å². The smallest absolute Gasteiger partial charge is 0.282 e. The highest BCUT2D eigenvalue weighted by Gasteiger charge is 2.16. The number of hydrogen-bond donors (Lipinski definition) is 2. The van der Waals surface area contributed by atoms with Gasteiger partial charge in [-0.15, -0.1) is 0 Å². The molecule has 0 aliphatic rings. The zero-order valence-electron chi connectivity index (χ0n) is 10.1. The molecule has 10 heteroatoms. The average Bonchev–Trinajstić information content (AvgIpc) is 2.36. The molecule has 2 aromatic carbocycles. The fraction of sp³-hybridized carbons (Fsp3) is 0. The van der Waals surface area contributed by atoms with Gasteiger partial charge in [0.2, 0.25) is 0 Å². The van der Waals surface area contributed by atoms with Gasteiger partial charge in [0.15, 0.2) is 0 Å². The summed E-state index contributed by atoms with van der Waals surface area (Å²) in [6.45, 7) is 0. The van der Waals surface area contributed by atoms with Crippen LogP contribution < -0.4 is 0 Å². The molecule has 2 N–H and O–H groups in total. The van der Waals surface area contributed by atoms with Gasteiger partial charge < -0.3 is 0 Å². The van der Waals surface area contributed by atoms with Gasteiger partial charge in [0.05, 0.1) is 20.6 Å². The molecule has 2 aromatic rings. The van der Waals surface area contributed by atoms with E-state index < -0.39 is 30.0 Å². The van der Waals surface area contributed by atoms with Crippen molar-refractivity contribution in [3.8, 4) is 0 Å². The minimum Gasteiger partial charge on any atom is -0.282 e. The first-order valence-corrected chi connectivity index (χ1v) is 8.52. The van der Waals surface area contributed by atoms with Gasteiger partial charge in [0, 0.05) is 5.39 Å². The van der Waals surface area contributed by atoms with E-state index in [9.17, 15) is 16.8 Å². The number of hydrogen-bond acceptors (Lipinski definition) is 6. The number of nitrogens with zero attached hydrogens (tertiary/aromatic N) is 1. The third-order valence-electron chi connectivity index (χ3n) is 2.64. The van der Waals surface area contributed by atoms with E-state index in [0.29, 0.717) is 5.39 Å². The first-order valence-electron chi connectivity index (χ1n) is 5.23. The number of benzene rings is 2. The number of rotatable bonds is 3. The fourth-order valence-corrected chi connectivity index (χ4v) is 2.90. The van der Waals surface area contributed by atoms with Crippen LogP contribution in [0.25, 0.3) is 10.8 Å². The van der Waals surface area contributed by atoms with Crippen molar-refractivity contribution in [1.29, 1.82) is 0 Å². The highest BCUT2D eigenvalue weighted by Crippen LogP contribution is 2.31. The Kier molecular flexibility index (Phi) is 3.93. The first kappa shape index (κ1) is 15.7. The average molecular weight is 345 g/mol. The number of thiocarbonyl (C=S) groups is 1. The molecule has 0 bridgehead atoms. The van der Waals surface area contributed by atoms with Crippen LogP contribution in [-0.4, -0.2) is 31.1 Å². The second-order valence-corrected chi connectivity index (χ2v) is 7.00. The van der Waals surface area contributed by atoms with Crippen molar-refractivity contribution in [3.63, 3.8) is 0 Å². The quantitative estimate of drug-likeness (QED) is 0.496. The van der Waals surface area contributed by atoms with Crippen molar-refractivity contribution >= 4 is 54.1 Å². The molecule has 0 aromatic heterocycles. The van der Waals surface area contributed by atoms with Gasteiger partial charge >= 0.3 is 0 Å². The maximum Gasteiger partial charge on any atom is 0.294 e. The summed E-state index contributed by atoms with van der Waals surface area (Å²) in [5, 5.41) is 2.59. The van der Waals surface area contributed by atoms with Crippen LogP contribution in [0.5, 0.6) is 0 Å². The van der Waals surface area contributed by atoms with Crippen molar-refractivity contribution in [1.82, 2.24) is 0 Å². The van der Waals surface area contributed by atoms with Crippen LogP contribution in [0.15, 0.2) is 45.1 Å². The summed E-state index contributed by atoms with van der Waals surface area (Å²) in [4.78, 5) is 2.78. The van der Waals surface area contributed by atoms with Crippen LogP contribution in [0.4, 0.5) is 5.69 Å². The van der Waals surface area contributed by atoms with Crippen molar-refractivity contribution < 1.29 is 25.9 Å². The van der Waals surface area contributed by atoms with Gasteiger partial charge in [0.1, 0.15) is 0 Å². The van der Waals surface area contributed by atoms with Crippen LogP contribution in [-0.2, 0) is 20.2 Å². The molecule has 0 saturated carbocycles. The first-order chi connectivity index (χ1) is 9.63. The summed E-state index contributed by atoms with van der Waals surface area (Å²) in [6, 6.07) is 5.65. The zero-order valence-corrected chi connectivity index (χ0v) is 12.5. The van der Waals surface area contributed by atoms with E-state index in [2.05, 4.69) is 22.4 Å². The van der Waals surface area contributed by atoms with Crippen LogP contribution >= 0.6 is 12.2 Å². The largest absolute Gasteiger partial charge is 0.294 e. The Bertz CT molecular complexity index is 983. The summed E-state index contributed by atoms with van der Waals surface area (Å²) in [5.41, 5.74) is 0.0945. The molecule has 0 amide bonds. The van der Waals surface area contributed by atoms with Crippen molar-refractivity contribution in [2.75, 3.05) is 0 Å². The van der Waals surface area contributed by atoms with E-state index in [1.54, 1.807) is 0 Å². The van der Waals surface area contributed by atoms with Gasteiger partial charge in [-0.05, 0) is 41.9 Å². The lowest BCUT2D eigenvalue weighted by Gasteiger charge is -2.06. The van der Waals surface area contributed by atoms with E-state index in [-0.39, 0.29) is 11.1 Å². The molecule has 0 heterocycles. The molecule has 0 fully saturated rings. The fourth-order valence-electron chi connectivity index (χ4n) is 1.75. The Morgan fingerprint density at radius 3 is 2.05 bits per heavy atom. The monoisotopic (exact) mass is 345 g/mol. The molecule has 0 radical (unpaired) electrons. The Labute approximate surface area is 125 Å². The van der Waals surface area contributed by atoms with E-state index >= 15 is 0 Å². The maximum absolute atomic E-state index is 11.2. The molecule has 0 unspecified atom stereocenters. The van der Waals surface area contributed by atoms with Crippen molar-refractivity contribution in [2.45, 2.75) is 9.79 Å². The standard InChI is InChI=1S/C11H7NO6S3/c13-20(14,15)8-1-2-10-7(3-8)4-9(21(16,17)18)5-11(10)12-6-19/h1-5H,(H,13,14,15)(H,16,17,18). The lowest BCUT2D eigenvalue weighted by Crippen LogP contribution is -2.00. The molecule has 2 rings (SSSR count). The highest BCUT2D eigenvalue weighted by molar-refractivity contribution is 7.86. The normalized spacial score (nSPS) is 12.1. The van der Waals surface area contributed by atoms with Gasteiger partial charge in [-0.1, -0.05) is 6.07 Å². The lowest BCUT2D eigenvalue weighted by atomic mass is 10.1. The predicted molar refractivity (Wildman–Crippen MR) is 78.3 cm³/mol. The Hall–Kier alpha value is -1.68. The third-order valence-corrected chi connectivity index (χ3v) is 4.41. The molecule has 0 aliphatic heterocycles. The molecule has 7 nitrogen and oxygen atoms in total. The third kappa shape index (κ3) is 3.32. The number of fused-ring (bicyclic) bond motifs is 1. The summed E-state index contributed by atoms with van der Waals surface area (Å²) >= 11 is 4.45. The van der Waals surface area contributed by atoms with E-state index in [4.69, 9.17) is 9.11 Å². The molecule has 0 spiro atoms. The Morgan fingerprint density at radius 2 is 1.52 bits per heavy atom. The maximum atomic E-state index is 11.2. The molecule has 0 saturated heterocycles. The molecular weight excluding hydrogens is 338 g/mol. The molecule has 0 atom stereocenters. The number of isothiocyanates is 1. The van der Waals surface area contributed by atoms with Crippen LogP contribution in [0.2, 0.25) is 0 Å². The van der Waals surface area contributed by atoms with E-state index in [0.717, 1.165) is 24.3 Å². The van der Waals surface area contributed by atoms with Crippen LogP contribution in [0, 0.1) is 0 Å². The van der Waals surface area contributed by atoms with E-state index in [1.807, 2.05) is 0 Å². The zero-order chi connectivity index (χ0) is 15.8. The van der Waals surface area contributed by atoms with Crippen LogP contribution in [0.3, 0.4) is 0 Å². The number of aliphatic imine (C=N–C) groups is 1. The summed E-state index contributed by atoms with van der Waals surface area (Å²) in [5.74, 6) is 0. The van der Waals surface area contributed by atoms with Crippen LogP contribution in [0.1, 0.15) is 0 Å². The molecule has 0 aliphatic carbocycles. The summed E-state index contributed by atoms with van der Waals surface area (Å²) < 4.78 is 62.7. The minimum atomic E-state index is -4.52. The highest BCUT2D eigenvalue weighted by atomic mass is 32.2. The Morgan fingerprint density at radius 1 is 0.952 bits per heavy atom. The summed E-state index contributed by atoms with van der Waals surface area (Å²) in [7, 11) is -8.96. The van der Waals surface area contributed by atoms with Gasteiger partial charge in [-0.25, -0.2) is 0 Å². The molecule has 21 heavy (non-hydrogen) atoms. The van der Waals surface area contributed by atoms with Gasteiger partial charge in [-0.2, -0.15) is 21.8 Å². The minimum absolute atomic E-state index is 0.0945. The van der Waals surface area contributed by atoms with Crippen molar-refractivity contribution in [3.05, 3.63) is 30.3 Å². The predicted octanol–water partition coefficient (Wildman–Crippen LogP) is 2.07. The van der Waals surface area contributed by atoms with Gasteiger partial charge in [-0.3, -0.25) is 9.11 Å². The summed E-state index contributed by atoms with van der Waals surface area (Å²) in [6.07, 6.45) is 0. The Balaban J connectivity index is 2.93. The van der Waals surface area contributed by atoms with Crippen molar-refractivity contribution in [2.24, 2.45) is 4.99 Å². The lowest BCUT2D eigenvalue weighted by molar-refractivity contribution is 0.481. The topological polar surface area (TPSA) is 121 Å². The molecule has 110 valence electrons. The molecular formula is C11H7NO6S3.